The van der Waals surface area contributed by atoms with Gasteiger partial charge in [-0.15, -0.1) is 0 Å². The van der Waals surface area contributed by atoms with Gasteiger partial charge in [0, 0.05) is 32.0 Å². The van der Waals surface area contributed by atoms with Crippen LogP contribution in [0, 0.1) is 5.92 Å². The second kappa shape index (κ2) is 9.85. The number of rotatable bonds is 9. The van der Waals surface area contributed by atoms with Gasteiger partial charge in [-0.25, -0.2) is 4.79 Å². The Morgan fingerprint density at radius 2 is 1.65 bits per heavy atom. The minimum Gasteiger partial charge on any atom is -0.481 e. The van der Waals surface area contributed by atoms with Crippen molar-refractivity contribution in [2.45, 2.75) is 31.2 Å². The first-order valence-electron chi connectivity index (χ1n) is 11.5. The number of carbonyl (C=O) groups is 3. The number of likely N-dealkylation sites (tertiary alicyclic amines) is 1. The molecule has 1 saturated heterocycles. The molecule has 1 atom stereocenters. The van der Waals surface area contributed by atoms with E-state index in [9.17, 15) is 14.4 Å². The molecule has 34 heavy (non-hydrogen) atoms. The first kappa shape index (κ1) is 23.8. The summed E-state index contributed by atoms with van der Waals surface area (Å²) < 4.78 is 10.9. The predicted octanol–water partition coefficient (Wildman–Crippen LogP) is 3.25. The van der Waals surface area contributed by atoms with Crippen LogP contribution in [0.25, 0.3) is 11.1 Å². The normalized spacial score (nSPS) is 16.7. The van der Waals surface area contributed by atoms with Gasteiger partial charge >= 0.3 is 12.1 Å². The summed E-state index contributed by atoms with van der Waals surface area (Å²) in [5.41, 5.74) is 3.22. The molecule has 1 unspecified atom stereocenters. The Hall–Kier alpha value is -3.39. The van der Waals surface area contributed by atoms with Gasteiger partial charge in [0.1, 0.15) is 12.1 Å². The van der Waals surface area contributed by atoms with Crippen LogP contribution in [0.1, 0.15) is 36.8 Å². The largest absolute Gasteiger partial charge is 0.481 e. The molecule has 8 heteroatoms. The predicted molar refractivity (Wildman–Crippen MR) is 125 cm³/mol. The Labute approximate surface area is 198 Å². The zero-order chi connectivity index (χ0) is 24.3. The molecule has 1 aliphatic heterocycles. The van der Waals surface area contributed by atoms with E-state index in [0.29, 0.717) is 19.5 Å². The molecule has 0 radical (unpaired) electrons. The average Bonchev–Trinajstić information content (AvgIpc) is 3.12. The van der Waals surface area contributed by atoms with E-state index in [4.69, 9.17) is 14.6 Å². The smallest absolute Gasteiger partial charge is 0.408 e. The van der Waals surface area contributed by atoms with Crippen LogP contribution in [0.3, 0.4) is 0 Å². The lowest BCUT2D eigenvalue weighted by atomic mass is 9.89. The number of hydrogen-bond acceptors (Lipinski definition) is 5. The number of ether oxygens (including phenoxy) is 2. The summed E-state index contributed by atoms with van der Waals surface area (Å²) in [7, 11) is 1.47. The lowest BCUT2D eigenvalue weighted by Crippen LogP contribution is -2.66. The van der Waals surface area contributed by atoms with Crippen LogP contribution in [0.15, 0.2) is 48.5 Å². The molecule has 2 amide bonds. The lowest BCUT2D eigenvalue weighted by Gasteiger charge is -2.44. The van der Waals surface area contributed by atoms with Crippen molar-refractivity contribution in [2.75, 3.05) is 33.4 Å². The summed E-state index contributed by atoms with van der Waals surface area (Å²) in [4.78, 5) is 38.6. The number of nitrogens with one attached hydrogen (secondary N) is 1. The summed E-state index contributed by atoms with van der Waals surface area (Å²) in [5, 5.41) is 11.7. The van der Waals surface area contributed by atoms with E-state index >= 15 is 0 Å². The second-order valence-corrected chi connectivity index (χ2v) is 8.99. The molecule has 0 aromatic heterocycles. The van der Waals surface area contributed by atoms with Gasteiger partial charge < -0.3 is 24.8 Å². The molecule has 8 nitrogen and oxygen atoms in total. The van der Waals surface area contributed by atoms with Crippen molar-refractivity contribution in [1.29, 1.82) is 0 Å². The van der Waals surface area contributed by atoms with Gasteiger partial charge in [0.15, 0.2) is 0 Å². The summed E-state index contributed by atoms with van der Waals surface area (Å²) in [6.07, 6.45) is -0.353. The molecule has 2 N–H and O–H groups in total. The monoisotopic (exact) mass is 466 g/mol. The first-order valence-corrected chi connectivity index (χ1v) is 11.5. The van der Waals surface area contributed by atoms with Crippen molar-refractivity contribution in [2.24, 2.45) is 5.92 Å². The van der Waals surface area contributed by atoms with Gasteiger partial charge in [0.2, 0.25) is 0 Å². The third-order valence-electron chi connectivity index (χ3n) is 6.80. The summed E-state index contributed by atoms with van der Waals surface area (Å²) >= 11 is 0. The van der Waals surface area contributed by atoms with Crippen molar-refractivity contribution in [3.63, 3.8) is 0 Å². The minimum atomic E-state index is -1.27. The zero-order valence-corrected chi connectivity index (χ0v) is 19.5. The topological polar surface area (TPSA) is 105 Å². The Morgan fingerprint density at radius 3 is 2.18 bits per heavy atom. The maximum absolute atomic E-state index is 13.3. The maximum Gasteiger partial charge on any atom is 0.408 e. The summed E-state index contributed by atoms with van der Waals surface area (Å²) in [5.74, 6) is -1.33. The van der Waals surface area contributed by atoms with Crippen LogP contribution < -0.4 is 5.32 Å². The molecule has 1 heterocycles. The average molecular weight is 467 g/mol. The SMILES string of the molecule is CCC(COC)(NC(=O)OCC1c2ccccc2-c2ccccc21)C(=O)N1CC(CC(=O)O)C1. The highest BCUT2D eigenvalue weighted by Crippen LogP contribution is 2.44. The van der Waals surface area contributed by atoms with E-state index in [-0.39, 0.29) is 37.4 Å². The number of benzene rings is 2. The van der Waals surface area contributed by atoms with Gasteiger partial charge in [-0.05, 0) is 28.7 Å². The Balaban J connectivity index is 1.43. The van der Waals surface area contributed by atoms with Crippen molar-refractivity contribution in [3.8, 4) is 11.1 Å². The number of amides is 2. The second-order valence-electron chi connectivity index (χ2n) is 8.99. The van der Waals surface area contributed by atoms with Crippen LogP contribution in [-0.4, -0.2) is 66.9 Å². The van der Waals surface area contributed by atoms with Gasteiger partial charge in [-0.3, -0.25) is 9.59 Å². The van der Waals surface area contributed by atoms with Crippen molar-refractivity contribution < 1.29 is 29.0 Å². The van der Waals surface area contributed by atoms with Crippen LogP contribution in [0.5, 0.6) is 0 Å². The lowest BCUT2D eigenvalue weighted by molar-refractivity contribution is -0.151. The third-order valence-corrected chi connectivity index (χ3v) is 6.80. The number of carbonyl (C=O) groups excluding carboxylic acids is 2. The van der Waals surface area contributed by atoms with Crippen molar-refractivity contribution in [3.05, 3.63) is 59.7 Å². The van der Waals surface area contributed by atoms with E-state index < -0.39 is 17.6 Å². The van der Waals surface area contributed by atoms with Gasteiger partial charge in [-0.1, -0.05) is 55.5 Å². The molecule has 1 aliphatic carbocycles. The van der Waals surface area contributed by atoms with Crippen LogP contribution in [0.4, 0.5) is 4.79 Å². The molecule has 2 aromatic rings. The highest BCUT2D eigenvalue weighted by molar-refractivity contribution is 5.91. The van der Waals surface area contributed by atoms with E-state index in [2.05, 4.69) is 17.4 Å². The molecular formula is C26H30N2O6. The number of aliphatic carboxylic acids is 1. The van der Waals surface area contributed by atoms with Crippen molar-refractivity contribution in [1.82, 2.24) is 10.2 Å². The highest BCUT2D eigenvalue weighted by atomic mass is 16.5. The van der Waals surface area contributed by atoms with Gasteiger partial charge in [-0.2, -0.15) is 0 Å². The molecule has 2 aliphatic rings. The van der Waals surface area contributed by atoms with Crippen LogP contribution in [-0.2, 0) is 19.1 Å². The number of hydrogen-bond donors (Lipinski definition) is 2. The molecule has 2 aromatic carbocycles. The van der Waals surface area contributed by atoms with E-state index in [0.717, 1.165) is 22.3 Å². The maximum atomic E-state index is 13.3. The number of fused-ring (bicyclic) bond motifs is 3. The fourth-order valence-corrected chi connectivity index (χ4v) is 4.98. The van der Waals surface area contributed by atoms with Crippen LogP contribution >= 0.6 is 0 Å². The third kappa shape index (κ3) is 4.50. The molecule has 180 valence electrons. The molecular weight excluding hydrogens is 436 g/mol. The number of carboxylic acid groups (broad SMARTS) is 1. The van der Waals surface area contributed by atoms with E-state index in [1.54, 1.807) is 11.8 Å². The quantitative estimate of drug-likeness (QED) is 0.588. The number of nitrogens with zero attached hydrogens (tertiary/aromatic N) is 1. The van der Waals surface area contributed by atoms with E-state index in [1.807, 2.05) is 36.4 Å². The Kier molecular flexibility index (Phi) is 6.88. The Morgan fingerprint density at radius 1 is 1.06 bits per heavy atom. The highest BCUT2D eigenvalue weighted by Gasteiger charge is 2.46. The van der Waals surface area contributed by atoms with Crippen LogP contribution in [0.2, 0.25) is 0 Å². The molecule has 1 fully saturated rings. The molecule has 0 saturated carbocycles. The summed E-state index contributed by atoms with van der Waals surface area (Å²) in [6, 6.07) is 16.2. The number of alkyl carbamates (subject to hydrolysis) is 1. The zero-order valence-electron chi connectivity index (χ0n) is 19.5. The molecule has 0 spiro atoms. The number of methoxy groups -OCH3 is 1. The molecule has 4 rings (SSSR count). The van der Waals surface area contributed by atoms with Crippen molar-refractivity contribution >= 4 is 18.0 Å². The standard InChI is InChI=1S/C26H30N2O6/c1-3-26(16-33-2,24(31)28-13-17(14-28)12-23(29)30)27-25(32)34-15-22-20-10-6-4-8-18(20)19-9-5-7-11-21(19)22/h4-11,17,22H,3,12-16H2,1-2H3,(H,27,32)(H,29,30). The first-order chi connectivity index (χ1) is 16.4. The molecule has 0 bridgehead atoms. The van der Waals surface area contributed by atoms with E-state index in [1.165, 1.54) is 7.11 Å². The Bertz CT molecular complexity index is 1030. The minimum absolute atomic E-state index is 0.00732. The van der Waals surface area contributed by atoms with Gasteiger partial charge in [0.25, 0.3) is 5.91 Å². The van der Waals surface area contributed by atoms with Gasteiger partial charge in [0.05, 0.1) is 13.0 Å². The fourth-order valence-electron chi connectivity index (χ4n) is 4.98. The summed E-state index contributed by atoms with van der Waals surface area (Å²) in [6.45, 7) is 2.64. The fraction of sp³-hybridized carbons (Fsp3) is 0.423. The number of carboxylic acids is 1.